The van der Waals surface area contributed by atoms with Gasteiger partial charge in [-0.3, -0.25) is 9.59 Å². The minimum Gasteiger partial charge on any atom is -0.486 e. The van der Waals surface area contributed by atoms with Gasteiger partial charge in [0.2, 0.25) is 5.91 Å². The second-order valence-corrected chi connectivity index (χ2v) is 8.03. The van der Waals surface area contributed by atoms with Crippen molar-refractivity contribution in [3.05, 3.63) is 46.2 Å². The van der Waals surface area contributed by atoms with E-state index in [1.54, 1.807) is 4.90 Å². The molecule has 3 heterocycles. The van der Waals surface area contributed by atoms with E-state index in [2.05, 4.69) is 5.32 Å². The molecule has 1 saturated heterocycles. The first-order valence-electron chi connectivity index (χ1n) is 9.70. The molecular weight excluding hydrogens is 376 g/mol. The molecule has 1 N–H and O–H groups in total. The third-order valence-corrected chi connectivity index (χ3v) is 5.99. The Morgan fingerprint density at radius 1 is 1.18 bits per heavy atom. The molecule has 7 heteroatoms. The minimum absolute atomic E-state index is 0.0289. The predicted molar refractivity (Wildman–Crippen MR) is 107 cm³/mol. The molecule has 2 aromatic rings. The molecular formula is C21H24N2O4S. The summed E-state index contributed by atoms with van der Waals surface area (Å²) in [6.45, 7) is 2.92. The van der Waals surface area contributed by atoms with Crippen LogP contribution in [0.3, 0.4) is 0 Å². The lowest BCUT2D eigenvalue weighted by Gasteiger charge is -2.31. The number of piperidine rings is 1. The van der Waals surface area contributed by atoms with Crippen LogP contribution in [0.1, 0.15) is 28.1 Å². The quantitative estimate of drug-likeness (QED) is 0.838. The monoisotopic (exact) mass is 400 g/mol. The zero-order chi connectivity index (χ0) is 19.3. The second kappa shape index (κ2) is 8.65. The largest absolute Gasteiger partial charge is 0.486 e. The van der Waals surface area contributed by atoms with Crippen LogP contribution < -0.4 is 14.8 Å². The van der Waals surface area contributed by atoms with Gasteiger partial charge in [-0.05, 0) is 48.4 Å². The fraction of sp³-hybridized carbons (Fsp3) is 0.429. The Labute approximate surface area is 168 Å². The van der Waals surface area contributed by atoms with Gasteiger partial charge in [-0.25, -0.2) is 0 Å². The Kier molecular flexibility index (Phi) is 5.81. The molecule has 4 rings (SSSR count). The number of rotatable bonds is 5. The standard InChI is InChI=1S/C21H24N2O4S/c24-20(16-3-1-9-23(14-16)21(25)19-4-2-12-28-19)22-8-7-15-5-6-17-18(13-15)27-11-10-26-17/h2,4-6,12-13,16H,1,3,7-11,14H2,(H,22,24)/t16-/m1/s1. The van der Waals surface area contributed by atoms with Gasteiger partial charge >= 0.3 is 0 Å². The Morgan fingerprint density at radius 3 is 2.86 bits per heavy atom. The van der Waals surface area contributed by atoms with Gasteiger partial charge in [0, 0.05) is 19.6 Å². The molecule has 0 bridgehead atoms. The highest BCUT2D eigenvalue weighted by Crippen LogP contribution is 2.30. The third-order valence-electron chi connectivity index (χ3n) is 5.13. The molecule has 0 saturated carbocycles. The third kappa shape index (κ3) is 4.30. The van der Waals surface area contributed by atoms with E-state index in [-0.39, 0.29) is 17.7 Å². The van der Waals surface area contributed by atoms with Crippen LogP contribution in [-0.2, 0) is 11.2 Å². The Balaban J connectivity index is 1.27. The first-order valence-corrected chi connectivity index (χ1v) is 10.6. The second-order valence-electron chi connectivity index (χ2n) is 7.09. The van der Waals surface area contributed by atoms with Crippen molar-refractivity contribution in [1.82, 2.24) is 10.2 Å². The molecule has 2 aliphatic heterocycles. The van der Waals surface area contributed by atoms with Crippen molar-refractivity contribution in [2.24, 2.45) is 5.92 Å². The molecule has 1 fully saturated rings. The van der Waals surface area contributed by atoms with Gasteiger partial charge in [0.15, 0.2) is 11.5 Å². The van der Waals surface area contributed by atoms with Gasteiger partial charge < -0.3 is 19.7 Å². The number of hydrogen-bond donors (Lipinski definition) is 1. The van der Waals surface area contributed by atoms with Gasteiger partial charge in [-0.1, -0.05) is 12.1 Å². The molecule has 2 amide bonds. The molecule has 0 spiro atoms. The molecule has 0 aliphatic carbocycles. The number of carbonyl (C=O) groups is 2. The number of thiophene rings is 1. The van der Waals surface area contributed by atoms with Crippen molar-refractivity contribution in [2.75, 3.05) is 32.8 Å². The average Bonchev–Trinajstić information content (AvgIpc) is 3.28. The summed E-state index contributed by atoms with van der Waals surface area (Å²) in [6, 6.07) is 9.61. The van der Waals surface area contributed by atoms with Crippen molar-refractivity contribution in [3.63, 3.8) is 0 Å². The zero-order valence-electron chi connectivity index (χ0n) is 15.7. The summed E-state index contributed by atoms with van der Waals surface area (Å²) < 4.78 is 11.1. The lowest BCUT2D eigenvalue weighted by molar-refractivity contribution is -0.126. The first kappa shape index (κ1) is 18.8. The maximum Gasteiger partial charge on any atom is 0.263 e. The fourth-order valence-corrected chi connectivity index (χ4v) is 4.34. The summed E-state index contributed by atoms with van der Waals surface area (Å²) in [7, 11) is 0. The van der Waals surface area contributed by atoms with Gasteiger partial charge in [0.25, 0.3) is 5.91 Å². The smallest absolute Gasteiger partial charge is 0.263 e. The highest BCUT2D eigenvalue weighted by Gasteiger charge is 2.29. The van der Waals surface area contributed by atoms with E-state index >= 15 is 0 Å². The number of benzene rings is 1. The number of likely N-dealkylation sites (tertiary alicyclic amines) is 1. The predicted octanol–water partition coefficient (Wildman–Crippen LogP) is 2.73. The zero-order valence-corrected chi connectivity index (χ0v) is 16.5. The highest BCUT2D eigenvalue weighted by molar-refractivity contribution is 7.12. The number of amides is 2. The lowest BCUT2D eigenvalue weighted by Crippen LogP contribution is -2.45. The summed E-state index contributed by atoms with van der Waals surface area (Å²) >= 11 is 1.44. The molecule has 0 radical (unpaired) electrons. The molecule has 1 atom stereocenters. The van der Waals surface area contributed by atoms with Crippen molar-refractivity contribution in [3.8, 4) is 11.5 Å². The van der Waals surface area contributed by atoms with Crippen LogP contribution >= 0.6 is 11.3 Å². The molecule has 1 aromatic heterocycles. The van der Waals surface area contributed by atoms with E-state index in [0.29, 0.717) is 26.3 Å². The minimum atomic E-state index is -0.141. The van der Waals surface area contributed by atoms with Crippen LogP contribution in [0.4, 0.5) is 0 Å². The summed E-state index contributed by atoms with van der Waals surface area (Å²) in [6.07, 6.45) is 2.41. The van der Waals surface area contributed by atoms with E-state index in [1.165, 1.54) is 11.3 Å². The molecule has 148 valence electrons. The SMILES string of the molecule is O=C(NCCc1ccc2c(c1)OCCO2)[C@@H]1CCCN(C(=O)c2cccs2)C1. The lowest BCUT2D eigenvalue weighted by atomic mass is 9.97. The number of nitrogens with zero attached hydrogens (tertiary/aromatic N) is 1. The number of carbonyl (C=O) groups excluding carboxylic acids is 2. The van der Waals surface area contributed by atoms with Gasteiger partial charge in [0.05, 0.1) is 10.8 Å². The number of ether oxygens (including phenoxy) is 2. The van der Waals surface area contributed by atoms with E-state index in [0.717, 1.165) is 47.7 Å². The number of hydrogen-bond acceptors (Lipinski definition) is 5. The van der Waals surface area contributed by atoms with Crippen molar-refractivity contribution < 1.29 is 19.1 Å². The van der Waals surface area contributed by atoms with Crippen LogP contribution in [0.15, 0.2) is 35.7 Å². The van der Waals surface area contributed by atoms with Crippen LogP contribution in [0, 0.1) is 5.92 Å². The maximum atomic E-state index is 12.6. The van der Waals surface area contributed by atoms with Crippen LogP contribution in [0.25, 0.3) is 0 Å². The van der Waals surface area contributed by atoms with Crippen molar-refractivity contribution in [2.45, 2.75) is 19.3 Å². The highest BCUT2D eigenvalue weighted by atomic mass is 32.1. The van der Waals surface area contributed by atoms with E-state index in [9.17, 15) is 9.59 Å². The Bertz CT molecular complexity index is 837. The number of fused-ring (bicyclic) bond motifs is 1. The topological polar surface area (TPSA) is 67.9 Å². The number of nitrogens with one attached hydrogen (secondary N) is 1. The molecule has 0 unspecified atom stereocenters. The van der Waals surface area contributed by atoms with E-state index in [4.69, 9.17) is 9.47 Å². The normalized spacial score (nSPS) is 18.6. The molecule has 6 nitrogen and oxygen atoms in total. The summed E-state index contributed by atoms with van der Waals surface area (Å²) in [5.74, 6) is 1.46. The van der Waals surface area contributed by atoms with Gasteiger partial charge in [-0.2, -0.15) is 0 Å². The van der Waals surface area contributed by atoms with Crippen molar-refractivity contribution in [1.29, 1.82) is 0 Å². The van der Waals surface area contributed by atoms with Gasteiger partial charge in [-0.15, -0.1) is 11.3 Å². The summed E-state index contributed by atoms with van der Waals surface area (Å²) in [5.41, 5.74) is 1.10. The average molecular weight is 401 g/mol. The molecule has 2 aliphatic rings. The Hall–Kier alpha value is -2.54. The van der Waals surface area contributed by atoms with Crippen LogP contribution in [0.2, 0.25) is 0 Å². The van der Waals surface area contributed by atoms with Crippen LogP contribution in [0.5, 0.6) is 11.5 Å². The summed E-state index contributed by atoms with van der Waals surface area (Å²) in [5, 5.41) is 4.93. The molecule has 28 heavy (non-hydrogen) atoms. The summed E-state index contributed by atoms with van der Waals surface area (Å²) in [4.78, 5) is 27.7. The van der Waals surface area contributed by atoms with Crippen LogP contribution in [-0.4, -0.2) is 49.6 Å². The molecule has 1 aromatic carbocycles. The van der Waals surface area contributed by atoms with E-state index in [1.807, 2.05) is 35.7 Å². The Morgan fingerprint density at radius 2 is 2.04 bits per heavy atom. The first-order chi connectivity index (χ1) is 13.7. The van der Waals surface area contributed by atoms with Gasteiger partial charge in [0.1, 0.15) is 13.2 Å². The van der Waals surface area contributed by atoms with Crippen molar-refractivity contribution >= 4 is 23.2 Å². The maximum absolute atomic E-state index is 12.6. The van der Waals surface area contributed by atoms with E-state index < -0.39 is 0 Å². The fourth-order valence-electron chi connectivity index (χ4n) is 3.65.